The van der Waals surface area contributed by atoms with Crippen molar-refractivity contribution in [1.82, 2.24) is 0 Å². The normalized spacial score (nSPS) is 27.3. The van der Waals surface area contributed by atoms with Crippen molar-refractivity contribution in [1.29, 1.82) is 0 Å². The second kappa shape index (κ2) is 7.61. The molecule has 3 heteroatoms. The van der Waals surface area contributed by atoms with E-state index in [1.165, 1.54) is 44.9 Å². The molecule has 2 atom stereocenters. The van der Waals surface area contributed by atoms with Crippen molar-refractivity contribution in [2.75, 3.05) is 6.61 Å². The molecule has 1 saturated heterocycles. The number of rotatable bonds is 8. The Morgan fingerprint density at radius 3 is 2.43 bits per heavy atom. The molecule has 2 nitrogen and oxygen atoms in total. The largest absolute Gasteiger partial charge is 0.414 e. The van der Waals surface area contributed by atoms with Crippen LogP contribution in [-0.2, 0) is 9.16 Å². The summed E-state index contributed by atoms with van der Waals surface area (Å²) in [4.78, 5) is 0. The van der Waals surface area contributed by atoms with E-state index in [1.807, 2.05) is 0 Å². The van der Waals surface area contributed by atoms with Crippen molar-refractivity contribution in [2.45, 2.75) is 109 Å². The van der Waals surface area contributed by atoms with Gasteiger partial charge < -0.3 is 9.16 Å². The molecule has 0 aromatic heterocycles. The Morgan fingerprint density at radius 1 is 1.19 bits per heavy atom. The molecule has 0 N–H and O–H groups in total. The van der Waals surface area contributed by atoms with Crippen molar-refractivity contribution >= 4 is 8.32 Å². The summed E-state index contributed by atoms with van der Waals surface area (Å²) in [5.41, 5.74) is 0.106. The third-order valence-electron chi connectivity index (χ3n) is 5.44. The average Bonchev–Trinajstić information content (AvgIpc) is 2.74. The minimum absolute atomic E-state index is 0.106. The molecule has 1 fully saturated rings. The zero-order valence-corrected chi connectivity index (χ0v) is 16.6. The lowest BCUT2D eigenvalue weighted by atomic mass is 9.95. The summed E-state index contributed by atoms with van der Waals surface area (Å²) < 4.78 is 12.7. The fourth-order valence-corrected chi connectivity index (χ4v) is 3.77. The molecule has 1 heterocycles. The quantitative estimate of drug-likeness (QED) is 0.409. The van der Waals surface area contributed by atoms with Gasteiger partial charge in [0.2, 0.25) is 0 Å². The standard InChI is InChI=1S/C18H38O2Si/c1-8-9-10-11-13-18(5)14-12-16(20-18)15-19-21(6,7)17(2,3)4/h16H,8-15H2,1-7H3/t16-,18-/m1/s1. The van der Waals surface area contributed by atoms with E-state index in [0.717, 1.165) is 6.61 Å². The Kier molecular flexibility index (Phi) is 6.95. The van der Waals surface area contributed by atoms with E-state index in [-0.39, 0.29) is 10.6 Å². The van der Waals surface area contributed by atoms with Crippen molar-refractivity contribution in [3.63, 3.8) is 0 Å². The molecule has 0 aliphatic carbocycles. The maximum atomic E-state index is 6.33. The van der Waals surface area contributed by atoms with E-state index in [0.29, 0.717) is 6.10 Å². The number of unbranched alkanes of at least 4 members (excludes halogenated alkanes) is 3. The first-order valence-corrected chi connectivity index (χ1v) is 11.8. The highest BCUT2D eigenvalue weighted by Crippen LogP contribution is 2.39. The molecular formula is C18H38O2Si. The molecule has 1 aliphatic heterocycles. The van der Waals surface area contributed by atoms with E-state index >= 15 is 0 Å². The van der Waals surface area contributed by atoms with Crippen LogP contribution in [0.5, 0.6) is 0 Å². The van der Waals surface area contributed by atoms with Crippen LogP contribution >= 0.6 is 0 Å². The van der Waals surface area contributed by atoms with Gasteiger partial charge in [0.25, 0.3) is 0 Å². The van der Waals surface area contributed by atoms with Gasteiger partial charge in [-0.05, 0) is 44.3 Å². The van der Waals surface area contributed by atoms with Crippen LogP contribution in [0.2, 0.25) is 18.1 Å². The minimum atomic E-state index is -1.63. The summed E-state index contributed by atoms with van der Waals surface area (Å²) in [6.07, 6.45) is 9.21. The monoisotopic (exact) mass is 314 g/mol. The fraction of sp³-hybridized carbons (Fsp3) is 1.00. The maximum absolute atomic E-state index is 6.33. The highest BCUT2D eigenvalue weighted by Gasteiger charge is 2.40. The lowest BCUT2D eigenvalue weighted by Gasteiger charge is -2.37. The van der Waals surface area contributed by atoms with E-state index in [9.17, 15) is 0 Å². The van der Waals surface area contributed by atoms with Crippen LogP contribution in [0.3, 0.4) is 0 Å². The first-order valence-electron chi connectivity index (χ1n) is 8.91. The van der Waals surface area contributed by atoms with Crippen LogP contribution in [-0.4, -0.2) is 26.6 Å². The van der Waals surface area contributed by atoms with Gasteiger partial charge in [0, 0.05) is 0 Å². The third kappa shape index (κ3) is 6.03. The molecule has 1 rings (SSSR count). The Hall–Kier alpha value is 0.137. The molecular weight excluding hydrogens is 276 g/mol. The summed E-state index contributed by atoms with van der Waals surface area (Å²) in [7, 11) is -1.63. The van der Waals surface area contributed by atoms with Crippen molar-refractivity contribution < 1.29 is 9.16 Å². The van der Waals surface area contributed by atoms with Crippen LogP contribution < -0.4 is 0 Å². The van der Waals surface area contributed by atoms with E-state index in [2.05, 4.69) is 47.7 Å². The predicted octanol–water partition coefficient (Wildman–Crippen LogP) is 5.92. The fourth-order valence-electron chi connectivity index (χ4n) is 2.73. The molecule has 21 heavy (non-hydrogen) atoms. The molecule has 0 spiro atoms. The van der Waals surface area contributed by atoms with Crippen LogP contribution in [0.15, 0.2) is 0 Å². The highest BCUT2D eigenvalue weighted by atomic mass is 28.4. The van der Waals surface area contributed by atoms with Gasteiger partial charge in [-0.1, -0.05) is 53.4 Å². The van der Waals surface area contributed by atoms with Crippen LogP contribution in [0.1, 0.15) is 79.6 Å². The van der Waals surface area contributed by atoms with Gasteiger partial charge >= 0.3 is 0 Å². The Labute approximate surface area is 134 Å². The Bertz CT molecular complexity index is 309. The van der Waals surface area contributed by atoms with Gasteiger partial charge in [0.05, 0.1) is 18.3 Å². The highest BCUT2D eigenvalue weighted by molar-refractivity contribution is 6.74. The second-order valence-corrected chi connectivity index (χ2v) is 13.4. The average molecular weight is 315 g/mol. The Morgan fingerprint density at radius 2 is 1.86 bits per heavy atom. The van der Waals surface area contributed by atoms with Gasteiger partial charge in [0.15, 0.2) is 8.32 Å². The van der Waals surface area contributed by atoms with E-state index in [1.54, 1.807) is 0 Å². The molecule has 0 unspecified atom stereocenters. The summed E-state index contributed by atoms with van der Waals surface area (Å²) >= 11 is 0. The first kappa shape index (κ1) is 19.2. The summed E-state index contributed by atoms with van der Waals surface area (Å²) in [5, 5.41) is 0.287. The van der Waals surface area contributed by atoms with Gasteiger partial charge in [-0.15, -0.1) is 0 Å². The lowest BCUT2D eigenvalue weighted by molar-refractivity contribution is -0.0514. The Balaban J connectivity index is 2.34. The maximum Gasteiger partial charge on any atom is 0.192 e. The number of hydrogen-bond acceptors (Lipinski definition) is 2. The molecule has 0 bridgehead atoms. The second-order valence-electron chi connectivity index (χ2n) is 8.61. The van der Waals surface area contributed by atoms with Crippen molar-refractivity contribution in [3.05, 3.63) is 0 Å². The molecule has 0 aromatic carbocycles. The third-order valence-corrected chi connectivity index (χ3v) is 9.94. The van der Waals surface area contributed by atoms with E-state index in [4.69, 9.17) is 9.16 Å². The molecule has 1 aliphatic rings. The molecule has 126 valence electrons. The summed E-state index contributed by atoms with van der Waals surface area (Å²) in [6, 6.07) is 0. The van der Waals surface area contributed by atoms with Gasteiger partial charge in [-0.2, -0.15) is 0 Å². The molecule has 0 aromatic rings. The lowest BCUT2D eigenvalue weighted by Crippen LogP contribution is -2.42. The minimum Gasteiger partial charge on any atom is -0.414 e. The first-order chi connectivity index (χ1) is 9.60. The van der Waals surface area contributed by atoms with Crippen molar-refractivity contribution in [3.8, 4) is 0 Å². The van der Waals surface area contributed by atoms with Gasteiger partial charge in [-0.3, -0.25) is 0 Å². The van der Waals surface area contributed by atoms with E-state index < -0.39 is 8.32 Å². The smallest absolute Gasteiger partial charge is 0.192 e. The van der Waals surface area contributed by atoms with Gasteiger partial charge in [-0.25, -0.2) is 0 Å². The molecule has 0 radical (unpaired) electrons. The van der Waals surface area contributed by atoms with Crippen LogP contribution in [0.25, 0.3) is 0 Å². The summed E-state index contributed by atoms with van der Waals surface area (Å²) in [6.45, 7) is 16.9. The zero-order chi connectivity index (χ0) is 16.1. The zero-order valence-electron chi connectivity index (χ0n) is 15.6. The van der Waals surface area contributed by atoms with Crippen molar-refractivity contribution in [2.24, 2.45) is 0 Å². The number of hydrogen-bond donors (Lipinski definition) is 0. The van der Waals surface area contributed by atoms with Crippen LogP contribution in [0, 0.1) is 0 Å². The van der Waals surface area contributed by atoms with Crippen LogP contribution in [0.4, 0.5) is 0 Å². The SMILES string of the molecule is CCCCCC[C@]1(C)CC[C@H](CO[Si](C)(C)C(C)(C)C)O1. The number of ether oxygens (including phenoxy) is 1. The predicted molar refractivity (Wildman–Crippen MR) is 94.4 cm³/mol. The molecule has 0 saturated carbocycles. The topological polar surface area (TPSA) is 18.5 Å². The summed E-state index contributed by atoms with van der Waals surface area (Å²) in [5.74, 6) is 0. The van der Waals surface area contributed by atoms with Gasteiger partial charge in [0.1, 0.15) is 0 Å². The molecule has 0 amide bonds.